The van der Waals surface area contributed by atoms with Gasteiger partial charge in [-0.25, -0.2) is 8.78 Å². The zero-order valence-corrected chi connectivity index (χ0v) is 25.1. The minimum absolute atomic E-state index is 0.143. The van der Waals surface area contributed by atoms with Crippen LogP contribution in [0.25, 0.3) is 11.1 Å². The predicted octanol–water partition coefficient (Wildman–Crippen LogP) is 4.03. The first kappa shape index (κ1) is 32.7. The standard InChI is InChI=1S/C36H35F2NO8/c37-24-10-8-21(9-11-24)29(41)17-16-28-31(39(35(28)45)26-14-12-25(38)13-15-26)22-6-4-20(5-7-22)23-2-1-3-27(18-23)46-36-34(44)33(43)32(42)30(19-40)47-36/h1-15,18,28-34,36,40-44H,16-17,19H2/t28-,29+,30-,31-,32-,33+,34-,36+/m1/s1. The molecule has 4 aromatic rings. The molecule has 0 aromatic heterocycles. The van der Waals surface area contributed by atoms with Gasteiger partial charge in [0.05, 0.1) is 24.7 Å². The van der Waals surface area contributed by atoms with Gasteiger partial charge < -0.3 is 39.9 Å². The molecule has 11 heteroatoms. The van der Waals surface area contributed by atoms with Crippen LogP contribution in [0.3, 0.4) is 0 Å². The summed E-state index contributed by atoms with van der Waals surface area (Å²) in [4.78, 5) is 15.1. The van der Waals surface area contributed by atoms with Crippen molar-refractivity contribution in [3.8, 4) is 16.9 Å². The van der Waals surface area contributed by atoms with Gasteiger partial charge in [0.15, 0.2) is 0 Å². The first-order valence-electron chi connectivity index (χ1n) is 15.3. The van der Waals surface area contributed by atoms with Crippen molar-refractivity contribution >= 4 is 11.6 Å². The van der Waals surface area contributed by atoms with Crippen LogP contribution < -0.4 is 9.64 Å². The molecule has 2 heterocycles. The van der Waals surface area contributed by atoms with Crippen LogP contribution in [0.4, 0.5) is 14.5 Å². The van der Waals surface area contributed by atoms with Gasteiger partial charge in [0, 0.05) is 5.69 Å². The lowest BCUT2D eigenvalue weighted by molar-refractivity contribution is -0.277. The third-order valence-electron chi connectivity index (χ3n) is 8.84. The van der Waals surface area contributed by atoms with Gasteiger partial charge in [-0.2, -0.15) is 0 Å². The fourth-order valence-corrected chi connectivity index (χ4v) is 6.21. The molecule has 4 aromatic carbocycles. The van der Waals surface area contributed by atoms with E-state index < -0.39 is 61.0 Å². The molecular formula is C36H35F2NO8. The van der Waals surface area contributed by atoms with Crippen molar-refractivity contribution in [2.45, 2.75) is 55.7 Å². The number of anilines is 1. The number of halogens is 2. The fourth-order valence-electron chi connectivity index (χ4n) is 6.21. The maximum absolute atomic E-state index is 13.7. The number of ether oxygens (including phenoxy) is 2. The molecule has 0 spiro atoms. The second-order valence-electron chi connectivity index (χ2n) is 11.8. The van der Waals surface area contributed by atoms with E-state index in [0.29, 0.717) is 23.4 Å². The number of hydrogen-bond donors (Lipinski definition) is 5. The van der Waals surface area contributed by atoms with Crippen molar-refractivity contribution in [2.75, 3.05) is 11.5 Å². The Balaban J connectivity index is 1.20. The zero-order valence-electron chi connectivity index (χ0n) is 25.1. The van der Waals surface area contributed by atoms with Gasteiger partial charge >= 0.3 is 0 Å². The lowest BCUT2D eigenvalue weighted by Crippen LogP contribution is -2.60. The van der Waals surface area contributed by atoms with E-state index in [-0.39, 0.29) is 18.4 Å². The van der Waals surface area contributed by atoms with Crippen LogP contribution in [0.2, 0.25) is 0 Å². The summed E-state index contributed by atoms with van der Waals surface area (Å²) in [6.45, 7) is -0.571. The molecule has 246 valence electrons. The number of rotatable bonds is 10. The predicted molar refractivity (Wildman–Crippen MR) is 167 cm³/mol. The van der Waals surface area contributed by atoms with Crippen molar-refractivity contribution in [2.24, 2.45) is 5.92 Å². The molecule has 6 rings (SSSR count). The molecule has 8 atom stereocenters. The number of hydrogen-bond acceptors (Lipinski definition) is 8. The summed E-state index contributed by atoms with van der Waals surface area (Å²) < 4.78 is 38.3. The van der Waals surface area contributed by atoms with Gasteiger partial charge in [0.25, 0.3) is 0 Å². The number of carbonyl (C=O) groups excluding carboxylic acids is 1. The largest absolute Gasteiger partial charge is 0.462 e. The average molecular weight is 648 g/mol. The van der Waals surface area contributed by atoms with Crippen LogP contribution in [-0.2, 0) is 9.53 Å². The second-order valence-corrected chi connectivity index (χ2v) is 11.8. The van der Waals surface area contributed by atoms with Crippen molar-refractivity contribution in [1.82, 2.24) is 0 Å². The van der Waals surface area contributed by atoms with Gasteiger partial charge in [0.2, 0.25) is 12.2 Å². The molecule has 1 amide bonds. The van der Waals surface area contributed by atoms with E-state index in [9.17, 15) is 39.1 Å². The van der Waals surface area contributed by atoms with Crippen molar-refractivity contribution < 1.29 is 48.6 Å². The lowest BCUT2D eigenvalue weighted by Gasteiger charge is -2.48. The Kier molecular flexibility index (Phi) is 9.65. The van der Waals surface area contributed by atoms with Crippen molar-refractivity contribution in [1.29, 1.82) is 0 Å². The highest BCUT2D eigenvalue weighted by Crippen LogP contribution is 2.46. The number of aliphatic hydroxyl groups excluding tert-OH is 5. The van der Waals surface area contributed by atoms with Gasteiger partial charge in [-0.1, -0.05) is 48.5 Å². The molecular weight excluding hydrogens is 612 g/mol. The van der Waals surface area contributed by atoms with Crippen molar-refractivity contribution in [3.63, 3.8) is 0 Å². The van der Waals surface area contributed by atoms with E-state index >= 15 is 0 Å². The SMILES string of the molecule is O=C1[C@H](CC[C@H](O)c2ccc(F)cc2)[C@@H](c2ccc(-c3cccc(O[C@H]4O[C@H](CO)[C@@H](O)[C@H](O)[C@H]4O)c3)cc2)N1c1ccc(F)cc1. The normalized spacial score (nSPS) is 26.5. The molecule has 2 saturated heterocycles. The van der Waals surface area contributed by atoms with Crippen LogP contribution in [-0.4, -0.2) is 68.8 Å². The van der Waals surface area contributed by atoms with E-state index in [0.717, 1.165) is 16.7 Å². The Hall–Kier alpha value is -4.23. The van der Waals surface area contributed by atoms with E-state index in [4.69, 9.17) is 9.47 Å². The van der Waals surface area contributed by atoms with E-state index in [1.807, 2.05) is 30.3 Å². The quantitative estimate of drug-likeness (QED) is 0.163. The highest BCUT2D eigenvalue weighted by Gasteiger charge is 2.48. The molecule has 5 N–H and O–H groups in total. The number of carbonyl (C=O) groups is 1. The molecule has 47 heavy (non-hydrogen) atoms. The highest BCUT2D eigenvalue weighted by molar-refractivity contribution is 6.03. The minimum Gasteiger partial charge on any atom is -0.462 e. The molecule has 0 unspecified atom stereocenters. The molecule has 0 saturated carbocycles. The Labute approximate surface area is 269 Å². The Bertz CT molecular complexity index is 1670. The van der Waals surface area contributed by atoms with Crippen LogP contribution in [0, 0.1) is 17.6 Å². The van der Waals surface area contributed by atoms with E-state index in [2.05, 4.69) is 0 Å². The van der Waals surface area contributed by atoms with Gasteiger partial charge in [-0.05, 0) is 83.6 Å². The third-order valence-corrected chi connectivity index (χ3v) is 8.84. The van der Waals surface area contributed by atoms with Crippen molar-refractivity contribution in [3.05, 3.63) is 120 Å². The maximum atomic E-state index is 13.7. The molecule has 2 aliphatic heterocycles. The number of nitrogens with zero attached hydrogens (tertiary/aromatic N) is 1. The fraction of sp³-hybridized carbons (Fsp3) is 0.306. The summed E-state index contributed by atoms with van der Waals surface area (Å²) in [7, 11) is 0. The number of aliphatic hydroxyl groups is 5. The molecule has 2 aliphatic rings. The molecule has 0 aliphatic carbocycles. The summed E-state index contributed by atoms with van der Waals surface area (Å²) in [5, 5.41) is 50.7. The number of amides is 1. The minimum atomic E-state index is -1.57. The summed E-state index contributed by atoms with van der Waals surface area (Å²) in [6.07, 6.45) is -7.24. The monoisotopic (exact) mass is 647 g/mol. The van der Waals surface area contributed by atoms with Crippen LogP contribution in [0.15, 0.2) is 97.1 Å². The molecule has 2 fully saturated rings. The first-order valence-corrected chi connectivity index (χ1v) is 15.3. The summed E-state index contributed by atoms with van der Waals surface area (Å²) in [6, 6.07) is 25.5. The van der Waals surface area contributed by atoms with Gasteiger partial charge in [-0.15, -0.1) is 0 Å². The topological polar surface area (TPSA) is 140 Å². The Morgan fingerprint density at radius 1 is 0.809 bits per heavy atom. The lowest BCUT2D eigenvalue weighted by atomic mass is 9.78. The smallest absolute Gasteiger partial charge is 0.233 e. The van der Waals surface area contributed by atoms with Gasteiger partial charge in [-0.3, -0.25) is 4.79 Å². The van der Waals surface area contributed by atoms with Crippen LogP contribution in [0.1, 0.15) is 36.1 Å². The van der Waals surface area contributed by atoms with E-state index in [1.165, 1.54) is 36.4 Å². The summed E-state index contributed by atoms with van der Waals surface area (Å²) in [5.41, 5.74) is 3.53. The van der Waals surface area contributed by atoms with Crippen LogP contribution in [0.5, 0.6) is 5.75 Å². The number of β-lactam (4-membered cyclic amide) rings is 1. The zero-order chi connectivity index (χ0) is 33.2. The Morgan fingerprint density at radius 3 is 2.13 bits per heavy atom. The maximum Gasteiger partial charge on any atom is 0.233 e. The average Bonchev–Trinajstić information content (AvgIpc) is 3.08. The van der Waals surface area contributed by atoms with Gasteiger partial charge in [0.1, 0.15) is 41.8 Å². The van der Waals surface area contributed by atoms with E-state index in [1.54, 1.807) is 35.2 Å². The summed E-state index contributed by atoms with van der Waals surface area (Å²) >= 11 is 0. The second kappa shape index (κ2) is 13.9. The first-order chi connectivity index (χ1) is 22.6. The molecule has 0 radical (unpaired) electrons. The highest BCUT2D eigenvalue weighted by atomic mass is 19.1. The Morgan fingerprint density at radius 2 is 1.47 bits per heavy atom. The van der Waals surface area contributed by atoms with Crippen LogP contribution >= 0.6 is 0 Å². The number of benzene rings is 4. The molecule has 9 nitrogen and oxygen atoms in total. The summed E-state index contributed by atoms with van der Waals surface area (Å²) in [5.74, 6) is -1.09. The molecule has 0 bridgehead atoms. The third kappa shape index (κ3) is 6.77.